The van der Waals surface area contributed by atoms with Gasteiger partial charge in [-0.3, -0.25) is 14.8 Å². The number of aromatic amines is 1. The van der Waals surface area contributed by atoms with Crippen molar-refractivity contribution >= 4 is 22.6 Å². The first-order valence-corrected chi connectivity index (χ1v) is 14.2. The second-order valence-corrected chi connectivity index (χ2v) is 12.7. The van der Waals surface area contributed by atoms with E-state index in [4.69, 9.17) is 0 Å². The Morgan fingerprint density at radius 2 is 1.95 bits per heavy atom. The lowest BCUT2D eigenvalue weighted by Gasteiger charge is -2.51. The number of carbonyl (C=O) groups excluding carboxylic acids is 1. The number of benzene rings is 1. The van der Waals surface area contributed by atoms with E-state index < -0.39 is 5.67 Å². The fourth-order valence-corrected chi connectivity index (χ4v) is 6.84. The van der Waals surface area contributed by atoms with Crippen LogP contribution in [0.3, 0.4) is 0 Å². The third-order valence-corrected chi connectivity index (χ3v) is 8.78. The molecule has 2 N–H and O–H groups in total. The van der Waals surface area contributed by atoms with Gasteiger partial charge in [-0.1, -0.05) is 45.0 Å². The number of aryl methyl sites for hydroxylation is 1. The number of rotatable bonds is 6. The number of amides is 2. The van der Waals surface area contributed by atoms with E-state index in [1.54, 1.807) is 23.3 Å². The number of H-pyrrole nitrogens is 1. The lowest BCUT2D eigenvalue weighted by molar-refractivity contribution is 0.0554. The maximum atomic E-state index is 14.4. The third kappa shape index (κ3) is 4.55. The van der Waals surface area contributed by atoms with Gasteiger partial charge in [0, 0.05) is 24.0 Å². The first kappa shape index (κ1) is 26.5. The number of urea groups is 1. The number of hydrogen-bond donors (Lipinski definition) is 2. The Kier molecular flexibility index (Phi) is 6.23. The molecule has 40 heavy (non-hydrogen) atoms. The third-order valence-electron chi connectivity index (χ3n) is 8.78. The zero-order valence-corrected chi connectivity index (χ0v) is 24.0. The van der Waals surface area contributed by atoms with Crippen LogP contribution in [0.1, 0.15) is 70.9 Å². The topological polar surface area (TPSA) is 91.7 Å². The Balaban J connectivity index is 1.29. The summed E-state index contributed by atoms with van der Waals surface area (Å²) < 4.78 is 16.0. The van der Waals surface area contributed by atoms with E-state index in [9.17, 15) is 9.18 Å². The molecule has 2 fully saturated rings. The Labute approximate surface area is 234 Å². The van der Waals surface area contributed by atoms with Crippen LogP contribution in [-0.2, 0) is 13.0 Å². The van der Waals surface area contributed by atoms with Crippen molar-refractivity contribution in [3.8, 4) is 11.4 Å². The Morgan fingerprint density at radius 3 is 2.67 bits per heavy atom. The van der Waals surface area contributed by atoms with E-state index in [2.05, 4.69) is 75.5 Å². The molecule has 4 aromatic rings. The monoisotopic (exact) mass is 543 g/mol. The van der Waals surface area contributed by atoms with Crippen molar-refractivity contribution in [2.75, 3.05) is 11.9 Å². The standard InChI is InChI=1S/C31H38FN7O/c1-6-20-9-7-8-10-22(20)27-29(2,3)13-14-38(31(27)11-12-31)28(40)36-24-18-34-37-26(24)23-15-25-21(16-33-23)17-35-39(25)19-30(4,5)32/h7-10,15-18,27H,6,11-14,19H2,1-5H3,(H,34,37)(H,36,40). The smallest absolute Gasteiger partial charge is 0.318 e. The Hall–Kier alpha value is -3.75. The molecule has 6 rings (SSSR count). The molecule has 1 unspecified atom stereocenters. The van der Waals surface area contributed by atoms with Gasteiger partial charge in [0.25, 0.3) is 0 Å². The number of piperidine rings is 1. The SMILES string of the molecule is CCc1ccccc1C1C(C)(C)CCN(C(=O)Nc2cn[nH]c2-c2cc3c(cn2)cnn3CC(C)(C)F)C12CC2. The van der Waals surface area contributed by atoms with E-state index in [1.807, 2.05) is 6.07 Å². The van der Waals surface area contributed by atoms with Gasteiger partial charge in [0.1, 0.15) is 11.4 Å². The van der Waals surface area contributed by atoms with Crippen LogP contribution in [0.5, 0.6) is 0 Å². The van der Waals surface area contributed by atoms with Gasteiger partial charge in [-0.05, 0) is 62.1 Å². The molecule has 1 aliphatic carbocycles. The molecule has 2 amide bonds. The number of halogens is 1. The maximum absolute atomic E-state index is 14.4. The van der Waals surface area contributed by atoms with Gasteiger partial charge in [-0.25, -0.2) is 9.18 Å². The van der Waals surface area contributed by atoms with Gasteiger partial charge in [0.05, 0.1) is 41.4 Å². The van der Waals surface area contributed by atoms with Crippen LogP contribution < -0.4 is 5.32 Å². The van der Waals surface area contributed by atoms with Crippen LogP contribution in [-0.4, -0.2) is 53.6 Å². The first-order valence-electron chi connectivity index (χ1n) is 14.2. The second-order valence-electron chi connectivity index (χ2n) is 12.7. The van der Waals surface area contributed by atoms with Gasteiger partial charge in [0.2, 0.25) is 0 Å². The highest BCUT2D eigenvalue weighted by molar-refractivity contribution is 5.94. The second kappa shape index (κ2) is 9.42. The molecule has 1 saturated heterocycles. The number of fused-ring (bicyclic) bond motifs is 1. The van der Waals surface area contributed by atoms with Crippen LogP contribution >= 0.6 is 0 Å². The fraction of sp³-hybridized carbons (Fsp3) is 0.484. The van der Waals surface area contributed by atoms with Crippen molar-refractivity contribution in [2.45, 2.75) is 84.0 Å². The van der Waals surface area contributed by atoms with Gasteiger partial charge in [0.15, 0.2) is 0 Å². The molecule has 0 radical (unpaired) electrons. The van der Waals surface area contributed by atoms with Crippen molar-refractivity contribution in [2.24, 2.45) is 5.41 Å². The van der Waals surface area contributed by atoms with Crippen molar-refractivity contribution < 1.29 is 9.18 Å². The molecule has 1 atom stereocenters. The molecule has 8 nitrogen and oxygen atoms in total. The molecular weight excluding hydrogens is 505 g/mol. The number of hydrogen-bond acceptors (Lipinski definition) is 4. The Morgan fingerprint density at radius 1 is 1.18 bits per heavy atom. The zero-order valence-electron chi connectivity index (χ0n) is 24.0. The minimum Gasteiger partial charge on any atom is -0.318 e. The lowest BCUT2D eigenvalue weighted by Crippen LogP contribution is -2.56. The predicted molar refractivity (Wildman–Crippen MR) is 155 cm³/mol. The number of alkyl halides is 1. The van der Waals surface area contributed by atoms with E-state index in [-0.39, 0.29) is 29.4 Å². The number of nitrogens with zero attached hydrogens (tertiary/aromatic N) is 5. The summed E-state index contributed by atoms with van der Waals surface area (Å²) in [7, 11) is 0. The normalized spacial score (nSPS) is 19.8. The van der Waals surface area contributed by atoms with Crippen LogP contribution in [0, 0.1) is 5.41 Å². The van der Waals surface area contributed by atoms with Crippen LogP contribution in [0.4, 0.5) is 14.9 Å². The molecule has 1 aromatic carbocycles. The molecule has 3 aromatic heterocycles. The van der Waals surface area contributed by atoms with Crippen molar-refractivity contribution in [3.63, 3.8) is 0 Å². The van der Waals surface area contributed by atoms with Crippen molar-refractivity contribution in [1.29, 1.82) is 0 Å². The van der Waals surface area contributed by atoms with Crippen LogP contribution in [0.2, 0.25) is 0 Å². The minimum absolute atomic E-state index is 0.0792. The maximum Gasteiger partial charge on any atom is 0.322 e. The number of anilines is 1. The molecule has 4 heterocycles. The lowest BCUT2D eigenvalue weighted by atomic mass is 9.64. The van der Waals surface area contributed by atoms with E-state index in [0.717, 1.165) is 36.6 Å². The largest absolute Gasteiger partial charge is 0.322 e. The molecule has 9 heteroatoms. The van der Waals surface area contributed by atoms with Gasteiger partial charge in [-0.15, -0.1) is 0 Å². The zero-order chi connectivity index (χ0) is 28.3. The average molecular weight is 544 g/mol. The summed E-state index contributed by atoms with van der Waals surface area (Å²) >= 11 is 0. The highest BCUT2D eigenvalue weighted by atomic mass is 19.1. The highest BCUT2D eigenvalue weighted by Crippen LogP contribution is 2.62. The molecule has 1 saturated carbocycles. The summed E-state index contributed by atoms with van der Waals surface area (Å²) in [6.45, 7) is 10.8. The van der Waals surface area contributed by atoms with Gasteiger partial charge >= 0.3 is 6.03 Å². The summed E-state index contributed by atoms with van der Waals surface area (Å²) in [5, 5.41) is 15.5. The molecule has 2 aliphatic rings. The van der Waals surface area contributed by atoms with Crippen molar-refractivity contribution in [3.05, 3.63) is 60.0 Å². The Bertz CT molecular complexity index is 1560. The van der Waals surface area contributed by atoms with Crippen molar-refractivity contribution in [1.82, 2.24) is 29.9 Å². The quantitative estimate of drug-likeness (QED) is 0.283. The van der Waals surface area contributed by atoms with E-state index in [0.29, 0.717) is 23.6 Å². The minimum atomic E-state index is -1.41. The molecular formula is C31H38FN7O. The number of pyridine rings is 1. The van der Waals surface area contributed by atoms with Gasteiger partial charge in [-0.2, -0.15) is 10.2 Å². The number of likely N-dealkylation sites (tertiary alicyclic amines) is 1. The average Bonchev–Trinajstić information content (AvgIpc) is 3.34. The molecule has 1 spiro atoms. The van der Waals surface area contributed by atoms with Gasteiger partial charge < -0.3 is 10.2 Å². The summed E-state index contributed by atoms with van der Waals surface area (Å²) in [6, 6.07) is 10.5. The van der Waals surface area contributed by atoms with Crippen LogP contribution in [0.15, 0.2) is 48.9 Å². The van der Waals surface area contributed by atoms with E-state index >= 15 is 0 Å². The number of aromatic nitrogens is 5. The van der Waals surface area contributed by atoms with Crippen LogP contribution in [0.25, 0.3) is 22.3 Å². The summed E-state index contributed by atoms with van der Waals surface area (Å²) in [4.78, 5) is 20.6. The summed E-state index contributed by atoms with van der Waals surface area (Å²) in [5.74, 6) is 0.267. The molecule has 1 aliphatic heterocycles. The summed E-state index contributed by atoms with van der Waals surface area (Å²) in [5.41, 5.74) is 3.77. The first-order chi connectivity index (χ1) is 19.0. The predicted octanol–water partition coefficient (Wildman–Crippen LogP) is 6.71. The van der Waals surface area contributed by atoms with E-state index in [1.165, 1.54) is 25.0 Å². The number of carbonyl (C=O) groups is 1. The summed E-state index contributed by atoms with van der Waals surface area (Å²) in [6.07, 6.45) is 8.92. The highest BCUT2D eigenvalue weighted by Gasteiger charge is 2.62. The fourth-order valence-electron chi connectivity index (χ4n) is 6.84. The number of nitrogens with one attached hydrogen (secondary N) is 2. The molecule has 0 bridgehead atoms. The molecule has 210 valence electrons.